The van der Waals surface area contributed by atoms with Gasteiger partial charge in [0.1, 0.15) is 0 Å². The summed E-state index contributed by atoms with van der Waals surface area (Å²) < 4.78 is 2.81. The third kappa shape index (κ3) is 3.34. The zero-order chi connectivity index (χ0) is 11.0. The summed E-state index contributed by atoms with van der Waals surface area (Å²) >= 11 is 17.4. The zero-order valence-electron chi connectivity index (χ0n) is 8.73. The van der Waals surface area contributed by atoms with Gasteiger partial charge in [-0.05, 0) is 29.0 Å². The van der Waals surface area contributed by atoms with Crippen molar-refractivity contribution >= 4 is 99.2 Å². The third-order valence-electron chi connectivity index (χ3n) is 1.93. The Morgan fingerprint density at radius 2 is 2.19 bits per heavy atom. The van der Waals surface area contributed by atoms with Gasteiger partial charge < -0.3 is 24.0 Å². The molecule has 0 atom stereocenters. The van der Waals surface area contributed by atoms with Crippen LogP contribution in [0.2, 0.25) is 5.02 Å². The van der Waals surface area contributed by atoms with Gasteiger partial charge in [-0.15, -0.1) is 0 Å². The molecule has 0 unspecified atom stereocenters. The van der Waals surface area contributed by atoms with Gasteiger partial charge in [0.05, 0.1) is 9.64 Å². The molecule has 0 saturated carbocycles. The van der Waals surface area contributed by atoms with Gasteiger partial charge in [0.2, 0.25) is 0 Å². The van der Waals surface area contributed by atoms with E-state index in [9.17, 15) is 0 Å². The standard InChI is InChI=1S/C9H7ClN2S3.K/c1-5-2-3-6(4-7(5)10)12-9(14)15-8(13)11-12;/h2-4H,1H3,(H,11,13);/p-1. The molecule has 79 valence electrons. The van der Waals surface area contributed by atoms with Gasteiger partial charge in [0.25, 0.3) is 0 Å². The van der Waals surface area contributed by atoms with Crippen molar-refractivity contribution < 1.29 is 0 Å². The fourth-order valence-corrected chi connectivity index (χ4v) is 2.68. The second-order valence-electron chi connectivity index (χ2n) is 2.98. The summed E-state index contributed by atoms with van der Waals surface area (Å²) in [6.45, 7) is 1.95. The topological polar surface area (TPSA) is 17.8 Å². The largest absolute Gasteiger partial charge is 0.406 e. The van der Waals surface area contributed by atoms with Gasteiger partial charge in [0.15, 0.2) is 0 Å². The number of aryl methyl sites for hydroxylation is 1. The number of benzene rings is 1. The Morgan fingerprint density at radius 1 is 1.50 bits per heavy atom. The number of aromatic nitrogens is 2. The number of rotatable bonds is 1. The molecule has 1 aromatic heterocycles. The molecule has 0 fully saturated rings. The molecule has 0 aliphatic rings. The van der Waals surface area contributed by atoms with Crippen LogP contribution < -0.4 is 0 Å². The Balaban J connectivity index is 0.00000128. The predicted octanol–water partition coefficient (Wildman–Crippen LogP) is 3.15. The molecule has 0 spiro atoms. The fraction of sp³-hybridized carbons (Fsp3) is 0.111. The fourth-order valence-electron chi connectivity index (χ4n) is 1.14. The second-order valence-corrected chi connectivity index (χ2v) is 5.65. The van der Waals surface area contributed by atoms with E-state index in [1.165, 1.54) is 11.3 Å². The number of hydrogen-bond acceptors (Lipinski definition) is 4. The van der Waals surface area contributed by atoms with Crippen LogP contribution in [0.15, 0.2) is 22.5 Å². The Kier molecular flexibility index (Phi) is 6.04. The maximum atomic E-state index is 6.03. The molecule has 0 aliphatic carbocycles. The summed E-state index contributed by atoms with van der Waals surface area (Å²) in [4.78, 5) is 0. The van der Waals surface area contributed by atoms with Crippen molar-refractivity contribution in [2.24, 2.45) is 0 Å². The first-order valence-electron chi connectivity index (χ1n) is 4.11. The first kappa shape index (κ1) is 15.2. The van der Waals surface area contributed by atoms with Crippen molar-refractivity contribution in [2.45, 2.75) is 11.3 Å². The monoisotopic (exact) mass is 312 g/mol. The molecule has 2 aromatic rings. The molecule has 0 bridgehead atoms. The van der Waals surface area contributed by atoms with E-state index in [-0.39, 0.29) is 51.4 Å². The molecule has 0 N–H and O–H groups in total. The van der Waals surface area contributed by atoms with Gasteiger partial charge in [-0.1, -0.05) is 29.9 Å². The van der Waals surface area contributed by atoms with E-state index >= 15 is 0 Å². The summed E-state index contributed by atoms with van der Waals surface area (Å²) in [6, 6.07) is 5.69. The molecule has 0 saturated heterocycles. The molecule has 2 rings (SSSR count). The number of halogens is 1. The molecular weight excluding hydrogens is 307 g/mol. The zero-order valence-corrected chi connectivity index (χ0v) is 15.1. The van der Waals surface area contributed by atoms with Crippen molar-refractivity contribution in [1.29, 1.82) is 0 Å². The van der Waals surface area contributed by atoms with E-state index < -0.39 is 0 Å². The average Bonchev–Trinajstić information content (AvgIpc) is 2.50. The Labute approximate surface area is 156 Å². The summed E-state index contributed by atoms with van der Waals surface area (Å²) in [6.07, 6.45) is 0. The molecule has 2 nitrogen and oxygen atoms in total. The second kappa shape index (κ2) is 6.35. The Hall–Kier alpha value is 1.15. The first-order valence-corrected chi connectivity index (χ1v) is 6.13. The SMILES string of the molecule is Cc1ccc(-n2nc([S-])sc2=S)cc1Cl.[K]. The van der Waals surface area contributed by atoms with Crippen LogP contribution in [-0.4, -0.2) is 61.2 Å². The first-order chi connectivity index (χ1) is 7.08. The Morgan fingerprint density at radius 3 is 2.69 bits per heavy atom. The quantitative estimate of drug-likeness (QED) is 0.458. The number of hydrogen-bond donors (Lipinski definition) is 0. The summed E-state index contributed by atoms with van der Waals surface area (Å²) in [5.74, 6) is 0. The van der Waals surface area contributed by atoms with E-state index in [0.29, 0.717) is 13.3 Å². The average molecular weight is 313 g/mol. The molecule has 16 heavy (non-hydrogen) atoms. The van der Waals surface area contributed by atoms with Crippen LogP contribution in [0.1, 0.15) is 5.56 Å². The minimum absolute atomic E-state index is 0. The van der Waals surface area contributed by atoms with Crippen LogP contribution in [0, 0.1) is 10.9 Å². The minimum Gasteiger partial charge on any atom is -0.406 e. The van der Waals surface area contributed by atoms with Crippen molar-refractivity contribution in [2.75, 3.05) is 0 Å². The minimum atomic E-state index is 0. The van der Waals surface area contributed by atoms with Crippen molar-refractivity contribution in [3.8, 4) is 5.69 Å². The van der Waals surface area contributed by atoms with Crippen LogP contribution in [0.25, 0.3) is 5.69 Å². The van der Waals surface area contributed by atoms with Gasteiger partial charge in [-0.2, -0.15) is 5.10 Å². The third-order valence-corrected chi connectivity index (χ3v) is 3.69. The van der Waals surface area contributed by atoms with Gasteiger partial charge >= 0.3 is 0 Å². The van der Waals surface area contributed by atoms with E-state index in [4.69, 9.17) is 36.4 Å². The van der Waals surface area contributed by atoms with Crippen LogP contribution in [0.5, 0.6) is 0 Å². The normalized spacial score (nSPS) is 9.88. The molecule has 0 aliphatic heterocycles. The molecular formula is C9H6ClKN2S3-. The van der Waals surface area contributed by atoms with Crippen LogP contribution in [0.4, 0.5) is 0 Å². The maximum Gasteiger partial charge on any atom is 0.0904 e. The van der Waals surface area contributed by atoms with Crippen molar-refractivity contribution in [3.63, 3.8) is 0 Å². The van der Waals surface area contributed by atoms with E-state index in [1.807, 2.05) is 25.1 Å². The van der Waals surface area contributed by atoms with E-state index in [1.54, 1.807) is 4.68 Å². The van der Waals surface area contributed by atoms with Gasteiger partial charge in [0, 0.05) is 56.4 Å². The van der Waals surface area contributed by atoms with Gasteiger partial charge in [-0.3, -0.25) is 0 Å². The summed E-state index contributed by atoms with van der Waals surface area (Å²) in [7, 11) is 0. The van der Waals surface area contributed by atoms with Crippen LogP contribution in [0.3, 0.4) is 0 Å². The van der Waals surface area contributed by atoms with Crippen LogP contribution >= 0.6 is 35.2 Å². The molecule has 0 amide bonds. The molecule has 1 heterocycles. The molecule has 7 heteroatoms. The Bertz CT molecular complexity index is 564. The molecule has 1 radical (unpaired) electrons. The van der Waals surface area contributed by atoms with E-state index in [0.717, 1.165) is 11.3 Å². The van der Waals surface area contributed by atoms with E-state index in [2.05, 4.69) is 5.10 Å². The van der Waals surface area contributed by atoms with Gasteiger partial charge in [-0.25, -0.2) is 4.68 Å². The number of nitrogens with zero attached hydrogens (tertiary/aromatic N) is 2. The molecule has 1 aromatic carbocycles. The summed E-state index contributed by atoms with van der Waals surface area (Å²) in [5.41, 5.74) is 1.88. The predicted molar refractivity (Wildman–Crippen MR) is 73.4 cm³/mol. The smallest absolute Gasteiger partial charge is 0.0904 e. The summed E-state index contributed by atoms with van der Waals surface area (Å²) in [5, 5.41) is 4.84. The maximum absolute atomic E-state index is 6.03. The van der Waals surface area contributed by atoms with Crippen molar-refractivity contribution in [3.05, 3.63) is 32.7 Å². The van der Waals surface area contributed by atoms with Crippen LogP contribution in [-0.2, 0) is 12.6 Å². The van der Waals surface area contributed by atoms with Crippen molar-refractivity contribution in [1.82, 2.24) is 9.78 Å².